The summed E-state index contributed by atoms with van der Waals surface area (Å²) >= 11 is 3.42. The van der Waals surface area contributed by atoms with E-state index in [2.05, 4.69) is 56.7 Å². The average Bonchev–Trinajstić information content (AvgIpc) is 2.72. The smallest absolute Gasteiger partial charge is 0.306 e. The highest BCUT2D eigenvalue weighted by molar-refractivity contribution is 9.10. The van der Waals surface area contributed by atoms with Gasteiger partial charge in [0.25, 0.3) is 8.32 Å². The van der Waals surface area contributed by atoms with E-state index in [-0.39, 0.29) is 16.5 Å². The lowest BCUT2D eigenvalue weighted by Crippen LogP contribution is -2.43. The molecule has 10 heteroatoms. The molecule has 0 fully saturated rings. The van der Waals surface area contributed by atoms with Gasteiger partial charge in [0, 0.05) is 0 Å². The van der Waals surface area contributed by atoms with Gasteiger partial charge in [-0.3, -0.25) is 0 Å². The van der Waals surface area contributed by atoms with E-state index in [0.29, 0.717) is 39.5 Å². The van der Waals surface area contributed by atoms with Crippen LogP contribution in [0.2, 0.25) is 18.1 Å². The number of ether oxygens (including phenoxy) is 3. The number of benzene rings is 2. The molecule has 196 valence electrons. The maximum Gasteiger partial charge on any atom is 0.306 e. The summed E-state index contributed by atoms with van der Waals surface area (Å²) in [5, 5.41) is -0.0349. The summed E-state index contributed by atoms with van der Waals surface area (Å²) in [4.78, 5) is 0. The van der Waals surface area contributed by atoms with Crippen LogP contribution in [0.25, 0.3) is 11.1 Å². The molecule has 0 aromatic heterocycles. The quantitative estimate of drug-likeness (QED) is 0.158. The Morgan fingerprint density at radius 2 is 1.63 bits per heavy atom. The van der Waals surface area contributed by atoms with Gasteiger partial charge in [-0.15, -0.1) is 0 Å². The molecule has 7 nitrogen and oxygen atoms in total. The molecule has 0 unspecified atom stereocenters. The Morgan fingerprint density at radius 1 is 0.971 bits per heavy atom. The van der Waals surface area contributed by atoms with E-state index in [1.54, 1.807) is 6.07 Å². The first-order valence-electron chi connectivity index (χ1n) is 11.4. The Morgan fingerprint density at radius 3 is 2.14 bits per heavy atom. The zero-order chi connectivity index (χ0) is 26.6. The number of halogens is 1. The van der Waals surface area contributed by atoms with Gasteiger partial charge in [-0.05, 0) is 64.2 Å². The van der Waals surface area contributed by atoms with Gasteiger partial charge in [0.1, 0.15) is 11.5 Å². The monoisotopic (exact) mass is 588 g/mol. The highest BCUT2D eigenvalue weighted by atomic mass is 79.9. The maximum atomic E-state index is 12.2. The molecule has 0 heterocycles. The molecule has 2 aromatic rings. The number of unbranched alkanes of at least 4 members (excludes halogenated alkanes) is 1. The second-order valence-corrected chi connectivity index (χ2v) is 17.0. The summed E-state index contributed by atoms with van der Waals surface area (Å²) < 4.78 is 54.0. The van der Waals surface area contributed by atoms with Gasteiger partial charge >= 0.3 is 10.1 Å². The molecular formula is C25H37BrO7SSi. The van der Waals surface area contributed by atoms with Crippen LogP contribution in [0.4, 0.5) is 0 Å². The Labute approximate surface area is 219 Å². The van der Waals surface area contributed by atoms with Crippen LogP contribution in [0.1, 0.15) is 40.5 Å². The lowest BCUT2D eigenvalue weighted by atomic mass is 10.0. The Kier molecular flexibility index (Phi) is 9.57. The summed E-state index contributed by atoms with van der Waals surface area (Å²) in [6, 6.07) is 7.23. The molecular weight excluding hydrogens is 552 g/mol. The third-order valence-electron chi connectivity index (χ3n) is 5.97. The number of methoxy groups -OCH3 is 2. The maximum absolute atomic E-state index is 12.2. The van der Waals surface area contributed by atoms with Gasteiger partial charge in [0.05, 0.1) is 37.1 Å². The highest BCUT2D eigenvalue weighted by Crippen LogP contribution is 2.51. The van der Waals surface area contributed by atoms with Crippen molar-refractivity contribution in [1.82, 2.24) is 0 Å². The second kappa shape index (κ2) is 11.4. The van der Waals surface area contributed by atoms with Crippen LogP contribution < -0.4 is 22.8 Å². The van der Waals surface area contributed by atoms with Gasteiger partial charge in [0.2, 0.25) is 0 Å². The van der Waals surface area contributed by atoms with Gasteiger partial charge in [-0.2, -0.15) is 8.42 Å². The molecule has 35 heavy (non-hydrogen) atoms. The van der Waals surface area contributed by atoms with E-state index < -0.39 is 18.4 Å². The molecule has 0 saturated carbocycles. The van der Waals surface area contributed by atoms with E-state index in [1.165, 1.54) is 14.2 Å². The minimum atomic E-state index is -3.87. The molecule has 0 bridgehead atoms. The molecule has 2 aromatic carbocycles. The Bertz CT molecular complexity index is 1140. The molecule has 0 N–H and O–H groups in total. The second-order valence-electron chi connectivity index (χ2n) is 9.81. The van der Waals surface area contributed by atoms with Gasteiger partial charge in [-0.1, -0.05) is 40.2 Å². The molecule has 2 rings (SSSR count). The van der Waals surface area contributed by atoms with Crippen molar-refractivity contribution in [3.63, 3.8) is 0 Å². The van der Waals surface area contributed by atoms with Crippen LogP contribution in [0, 0.1) is 0 Å². The minimum absolute atomic E-state index is 0.0270. The fourth-order valence-electron chi connectivity index (χ4n) is 3.06. The van der Waals surface area contributed by atoms with Crippen molar-refractivity contribution in [3.8, 4) is 39.9 Å². The van der Waals surface area contributed by atoms with Crippen LogP contribution in [0.15, 0.2) is 28.7 Å². The van der Waals surface area contributed by atoms with Crippen molar-refractivity contribution in [3.05, 3.63) is 28.7 Å². The molecule has 0 aliphatic rings. The minimum Gasteiger partial charge on any atom is -0.541 e. The summed E-state index contributed by atoms with van der Waals surface area (Å²) in [7, 11) is -3.13. The third-order valence-corrected chi connectivity index (χ3v) is 11.4. The van der Waals surface area contributed by atoms with Gasteiger partial charge < -0.3 is 22.8 Å². The first-order chi connectivity index (χ1) is 16.1. The van der Waals surface area contributed by atoms with Crippen molar-refractivity contribution < 1.29 is 31.2 Å². The number of rotatable bonds is 11. The van der Waals surface area contributed by atoms with Gasteiger partial charge in [-0.25, -0.2) is 0 Å². The molecule has 0 amide bonds. The first kappa shape index (κ1) is 29.3. The zero-order valence-electron chi connectivity index (χ0n) is 22.1. The standard InChI is InChI=1S/C25H37BrO7SSi/c1-10-11-14-31-19-13-12-17(15-20(19)33-35(8,9)25(2,3)4)22-21(29-5)16-18(26)23(30-6)24(22)32-34(7,27)28/h12-13,15-16H,10-11,14H2,1-9H3. The Hall–Kier alpha value is -1.91. The number of hydrogen-bond acceptors (Lipinski definition) is 7. The summed E-state index contributed by atoms with van der Waals surface area (Å²) in [5.41, 5.74) is 1.07. The Balaban J connectivity index is 2.80. The first-order valence-corrected chi connectivity index (χ1v) is 17.0. The third kappa shape index (κ3) is 7.30. The molecule has 0 spiro atoms. The van der Waals surface area contributed by atoms with Crippen LogP contribution in [-0.2, 0) is 10.1 Å². The molecule has 0 atom stereocenters. The van der Waals surface area contributed by atoms with Crippen LogP contribution in [0.3, 0.4) is 0 Å². The van der Waals surface area contributed by atoms with Crippen molar-refractivity contribution in [2.45, 2.75) is 58.7 Å². The van der Waals surface area contributed by atoms with Crippen LogP contribution >= 0.6 is 15.9 Å². The van der Waals surface area contributed by atoms with E-state index in [1.807, 2.05) is 18.2 Å². The highest BCUT2D eigenvalue weighted by Gasteiger charge is 2.39. The van der Waals surface area contributed by atoms with E-state index in [4.69, 9.17) is 22.8 Å². The lowest BCUT2D eigenvalue weighted by Gasteiger charge is -2.37. The predicted octanol–water partition coefficient (Wildman–Crippen LogP) is 7.03. The molecule has 0 saturated heterocycles. The summed E-state index contributed by atoms with van der Waals surface area (Å²) in [5.74, 6) is 1.91. The van der Waals surface area contributed by atoms with Crippen molar-refractivity contribution in [2.24, 2.45) is 0 Å². The van der Waals surface area contributed by atoms with Crippen LogP contribution in [-0.4, -0.2) is 43.8 Å². The van der Waals surface area contributed by atoms with Gasteiger partial charge in [0.15, 0.2) is 17.2 Å². The predicted molar refractivity (Wildman–Crippen MR) is 146 cm³/mol. The summed E-state index contributed by atoms with van der Waals surface area (Å²) in [6.45, 7) is 13.5. The number of hydrogen-bond donors (Lipinski definition) is 0. The van der Waals surface area contributed by atoms with Crippen molar-refractivity contribution in [1.29, 1.82) is 0 Å². The SMILES string of the molecule is CCCCOc1ccc(-c2c(OC)cc(Br)c(OC)c2OS(C)(=O)=O)cc1O[Si](C)(C)C(C)(C)C. The lowest BCUT2D eigenvalue weighted by molar-refractivity contribution is 0.298. The fourth-order valence-corrected chi connectivity index (χ4v) is 5.09. The average molecular weight is 590 g/mol. The summed E-state index contributed by atoms with van der Waals surface area (Å²) in [6.07, 6.45) is 2.92. The van der Waals surface area contributed by atoms with Crippen molar-refractivity contribution in [2.75, 3.05) is 27.1 Å². The van der Waals surface area contributed by atoms with E-state index >= 15 is 0 Å². The topological polar surface area (TPSA) is 80.3 Å². The largest absolute Gasteiger partial charge is 0.541 e. The molecule has 0 aliphatic heterocycles. The fraction of sp³-hybridized carbons (Fsp3) is 0.520. The molecule has 0 aliphatic carbocycles. The normalized spacial score (nSPS) is 12.3. The van der Waals surface area contributed by atoms with Crippen LogP contribution in [0.5, 0.6) is 28.7 Å². The van der Waals surface area contributed by atoms with Crippen molar-refractivity contribution >= 4 is 34.4 Å². The molecule has 0 radical (unpaired) electrons. The van der Waals surface area contributed by atoms with E-state index in [9.17, 15) is 8.42 Å². The zero-order valence-corrected chi connectivity index (χ0v) is 25.5. The van der Waals surface area contributed by atoms with E-state index in [0.717, 1.165) is 19.1 Å².